The van der Waals surface area contributed by atoms with Crippen LogP contribution in [-0.4, -0.2) is 28.3 Å². The average molecular weight is 419 g/mol. The molecule has 0 spiro atoms. The van der Waals surface area contributed by atoms with E-state index in [2.05, 4.69) is 4.99 Å². The first-order valence-corrected chi connectivity index (χ1v) is 10.3. The first-order chi connectivity index (χ1) is 13.1. The minimum atomic E-state index is -0.0284. The van der Waals surface area contributed by atoms with Crippen molar-refractivity contribution >= 4 is 52.1 Å². The highest BCUT2D eigenvalue weighted by Crippen LogP contribution is 2.28. The van der Waals surface area contributed by atoms with Crippen LogP contribution in [0.15, 0.2) is 53.2 Å². The lowest BCUT2D eigenvalue weighted by molar-refractivity contribution is -0.122. The molecule has 0 aromatic heterocycles. The number of nitrogens with zero attached hydrogens (tertiary/aromatic N) is 2. The number of hydrogen-bond donors (Lipinski definition) is 0. The third-order valence-corrected chi connectivity index (χ3v) is 6.02. The number of amidine groups is 1. The lowest BCUT2D eigenvalue weighted by Gasteiger charge is -2.21. The maximum absolute atomic E-state index is 12.5. The number of hydrogen-bond acceptors (Lipinski definition) is 4. The van der Waals surface area contributed by atoms with Gasteiger partial charge in [-0.05, 0) is 47.9 Å². The summed E-state index contributed by atoms with van der Waals surface area (Å²) in [6, 6.07) is 13.0. The summed E-state index contributed by atoms with van der Waals surface area (Å²) in [5, 5.41) is 1.83. The summed E-state index contributed by atoms with van der Waals surface area (Å²) in [5.74, 6) is 1.69. The molecule has 0 saturated carbocycles. The van der Waals surface area contributed by atoms with Crippen LogP contribution in [0.2, 0.25) is 10.0 Å². The normalized spacial score (nSPS) is 17.9. The Morgan fingerprint density at radius 3 is 2.89 bits per heavy atom. The molecule has 1 amide bonds. The van der Waals surface area contributed by atoms with Gasteiger partial charge in [-0.25, -0.2) is 4.99 Å². The third-order valence-electron chi connectivity index (χ3n) is 4.22. The summed E-state index contributed by atoms with van der Waals surface area (Å²) >= 11 is 13.6. The number of amides is 1. The monoisotopic (exact) mass is 418 g/mol. The molecule has 0 unspecified atom stereocenters. The van der Waals surface area contributed by atoms with Crippen LogP contribution in [0.3, 0.4) is 0 Å². The van der Waals surface area contributed by atoms with Crippen LogP contribution < -0.4 is 4.74 Å². The highest BCUT2D eigenvalue weighted by atomic mass is 35.5. The molecule has 0 radical (unpaired) electrons. The van der Waals surface area contributed by atoms with Crippen molar-refractivity contribution in [3.8, 4) is 5.75 Å². The standard InChI is InChI=1S/C20H16Cl2N2O2S/c21-16-6-5-14(10-17(16)22)12-26-15-4-1-3-13(9-15)11-18-19(25)24-7-2-8-27-20(24)23-18/h1,3-6,9-11H,2,7-8,12H2/b18-11-. The molecule has 138 valence electrons. The van der Waals surface area contributed by atoms with Crippen molar-refractivity contribution in [3.63, 3.8) is 0 Å². The number of thioether (sulfide) groups is 1. The Hall–Kier alpha value is -1.95. The summed E-state index contributed by atoms with van der Waals surface area (Å²) in [7, 11) is 0. The smallest absolute Gasteiger partial charge is 0.278 e. The Labute approximate surface area is 171 Å². The van der Waals surface area contributed by atoms with E-state index < -0.39 is 0 Å². The van der Waals surface area contributed by atoms with Crippen molar-refractivity contribution in [1.82, 2.24) is 4.90 Å². The molecule has 0 aliphatic carbocycles. The summed E-state index contributed by atoms with van der Waals surface area (Å²) in [5.41, 5.74) is 2.28. The predicted molar refractivity (Wildman–Crippen MR) is 111 cm³/mol. The van der Waals surface area contributed by atoms with Crippen LogP contribution in [0.25, 0.3) is 6.08 Å². The molecule has 2 aromatic carbocycles. The van der Waals surface area contributed by atoms with Crippen molar-refractivity contribution in [2.45, 2.75) is 13.0 Å². The van der Waals surface area contributed by atoms with Gasteiger partial charge < -0.3 is 4.74 Å². The summed E-state index contributed by atoms with van der Waals surface area (Å²) < 4.78 is 5.85. The Bertz CT molecular complexity index is 959. The fourth-order valence-corrected chi connectivity index (χ4v) is 4.14. The Morgan fingerprint density at radius 1 is 1.19 bits per heavy atom. The van der Waals surface area contributed by atoms with E-state index in [1.807, 2.05) is 30.3 Å². The average Bonchev–Trinajstić information content (AvgIpc) is 2.99. The van der Waals surface area contributed by atoms with Gasteiger partial charge in [-0.1, -0.05) is 53.2 Å². The van der Waals surface area contributed by atoms with Gasteiger partial charge in [0.25, 0.3) is 5.91 Å². The molecule has 4 rings (SSSR count). The van der Waals surface area contributed by atoms with E-state index >= 15 is 0 Å². The molecule has 2 aromatic rings. The number of rotatable bonds is 4. The van der Waals surface area contributed by atoms with Crippen LogP contribution in [0.4, 0.5) is 0 Å². The number of fused-ring (bicyclic) bond motifs is 1. The number of halogens is 2. The minimum absolute atomic E-state index is 0.0284. The number of carbonyl (C=O) groups is 1. The maximum Gasteiger partial charge on any atom is 0.278 e. The summed E-state index contributed by atoms with van der Waals surface area (Å²) in [6.07, 6.45) is 2.81. The molecule has 2 aliphatic rings. The lowest BCUT2D eigenvalue weighted by atomic mass is 10.1. The second-order valence-electron chi connectivity index (χ2n) is 6.19. The SMILES string of the molecule is O=C1/C(=C/c2cccc(OCc3ccc(Cl)c(Cl)c3)c2)N=C2SCCCN12. The lowest BCUT2D eigenvalue weighted by Crippen LogP contribution is -2.34. The van der Waals surface area contributed by atoms with Crippen LogP contribution in [-0.2, 0) is 11.4 Å². The second kappa shape index (κ2) is 7.97. The highest BCUT2D eigenvalue weighted by molar-refractivity contribution is 8.13. The highest BCUT2D eigenvalue weighted by Gasteiger charge is 2.32. The van der Waals surface area contributed by atoms with Gasteiger partial charge in [-0.3, -0.25) is 9.69 Å². The molecule has 0 atom stereocenters. The van der Waals surface area contributed by atoms with Gasteiger partial charge in [-0.15, -0.1) is 0 Å². The van der Waals surface area contributed by atoms with E-state index in [0.29, 0.717) is 28.1 Å². The zero-order valence-electron chi connectivity index (χ0n) is 14.3. The van der Waals surface area contributed by atoms with E-state index in [0.717, 1.165) is 35.0 Å². The largest absolute Gasteiger partial charge is 0.489 e. The maximum atomic E-state index is 12.5. The molecule has 2 heterocycles. The molecule has 7 heteroatoms. The van der Waals surface area contributed by atoms with Crippen molar-refractivity contribution in [2.24, 2.45) is 4.99 Å². The van der Waals surface area contributed by atoms with Gasteiger partial charge >= 0.3 is 0 Å². The quantitative estimate of drug-likeness (QED) is 0.636. The van der Waals surface area contributed by atoms with Crippen molar-refractivity contribution < 1.29 is 9.53 Å². The fraction of sp³-hybridized carbons (Fsp3) is 0.200. The van der Waals surface area contributed by atoms with Gasteiger partial charge in [0.15, 0.2) is 5.17 Å². The van der Waals surface area contributed by atoms with Crippen molar-refractivity contribution in [1.29, 1.82) is 0 Å². The first-order valence-electron chi connectivity index (χ1n) is 8.52. The van der Waals surface area contributed by atoms with Crippen LogP contribution >= 0.6 is 35.0 Å². The molecular formula is C20H16Cl2N2O2S. The van der Waals surface area contributed by atoms with Crippen molar-refractivity contribution in [3.05, 3.63) is 69.3 Å². The predicted octanol–water partition coefficient (Wildman–Crippen LogP) is 5.25. The molecular weight excluding hydrogens is 403 g/mol. The molecule has 27 heavy (non-hydrogen) atoms. The summed E-state index contributed by atoms with van der Waals surface area (Å²) in [6.45, 7) is 1.12. The Balaban J connectivity index is 1.48. The second-order valence-corrected chi connectivity index (χ2v) is 8.07. The minimum Gasteiger partial charge on any atom is -0.489 e. The third kappa shape index (κ3) is 4.15. The van der Waals surface area contributed by atoms with Gasteiger partial charge in [0.2, 0.25) is 0 Å². The zero-order valence-corrected chi connectivity index (χ0v) is 16.7. The number of aliphatic imine (C=N–C) groups is 1. The first kappa shape index (κ1) is 18.4. The Kier molecular flexibility index (Phi) is 5.43. The fourth-order valence-electron chi connectivity index (χ4n) is 2.87. The van der Waals surface area contributed by atoms with Gasteiger partial charge in [0, 0.05) is 12.3 Å². The number of carbonyl (C=O) groups excluding carboxylic acids is 1. The van der Waals surface area contributed by atoms with Gasteiger partial charge in [-0.2, -0.15) is 0 Å². The summed E-state index contributed by atoms with van der Waals surface area (Å²) in [4.78, 5) is 18.7. The number of benzene rings is 2. The van der Waals surface area contributed by atoms with E-state index in [-0.39, 0.29) is 5.91 Å². The topological polar surface area (TPSA) is 41.9 Å². The van der Waals surface area contributed by atoms with E-state index in [1.165, 1.54) is 0 Å². The van der Waals surface area contributed by atoms with E-state index in [1.54, 1.807) is 34.9 Å². The van der Waals surface area contributed by atoms with E-state index in [9.17, 15) is 4.79 Å². The number of ether oxygens (including phenoxy) is 1. The van der Waals surface area contributed by atoms with Crippen molar-refractivity contribution in [2.75, 3.05) is 12.3 Å². The van der Waals surface area contributed by atoms with Crippen LogP contribution in [0, 0.1) is 0 Å². The molecule has 0 N–H and O–H groups in total. The molecule has 1 fully saturated rings. The van der Waals surface area contributed by atoms with Crippen LogP contribution in [0.5, 0.6) is 5.75 Å². The molecule has 1 saturated heterocycles. The van der Waals surface area contributed by atoms with Gasteiger partial charge in [0.1, 0.15) is 18.1 Å². The Morgan fingerprint density at radius 2 is 2.07 bits per heavy atom. The molecule has 4 nitrogen and oxygen atoms in total. The van der Waals surface area contributed by atoms with E-state index in [4.69, 9.17) is 27.9 Å². The molecule has 2 aliphatic heterocycles. The molecule has 0 bridgehead atoms. The van der Waals surface area contributed by atoms with Gasteiger partial charge in [0.05, 0.1) is 10.0 Å². The van der Waals surface area contributed by atoms with Crippen LogP contribution in [0.1, 0.15) is 17.5 Å². The zero-order chi connectivity index (χ0) is 18.8.